The molecule has 1 saturated carbocycles. The van der Waals surface area contributed by atoms with Crippen molar-refractivity contribution in [2.75, 3.05) is 25.5 Å². The van der Waals surface area contributed by atoms with E-state index in [9.17, 15) is 14.9 Å². The summed E-state index contributed by atoms with van der Waals surface area (Å²) in [5, 5.41) is 19.8. The maximum atomic E-state index is 11.6. The molecular weight excluding hydrogens is 260 g/mol. The third-order valence-corrected chi connectivity index (χ3v) is 3.13. The van der Waals surface area contributed by atoms with Gasteiger partial charge in [0.1, 0.15) is 5.69 Å². The lowest BCUT2D eigenvalue weighted by Gasteiger charge is -2.09. The van der Waals surface area contributed by atoms with E-state index in [1.54, 1.807) is 0 Å². The molecule has 1 aliphatic carbocycles. The minimum Gasteiger partial charge on any atom is -0.378 e. The third kappa shape index (κ3) is 3.67. The highest BCUT2D eigenvalue weighted by atomic mass is 16.6. The molecule has 0 aliphatic heterocycles. The van der Waals surface area contributed by atoms with Crippen LogP contribution in [-0.4, -0.2) is 37.0 Å². The van der Waals surface area contributed by atoms with Crippen LogP contribution in [0.4, 0.5) is 11.4 Å². The van der Waals surface area contributed by atoms with Crippen LogP contribution >= 0.6 is 0 Å². The number of anilines is 1. The van der Waals surface area contributed by atoms with Gasteiger partial charge in [-0.25, -0.2) is 0 Å². The number of nitro benzene ring substituents is 1. The van der Waals surface area contributed by atoms with Crippen LogP contribution in [-0.2, 0) is 0 Å². The number of amides is 1. The van der Waals surface area contributed by atoms with Crippen LogP contribution in [0.25, 0.3) is 0 Å². The van der Waals surface area contributed by atoms with Crippen molar-refractivity contribution in [3.63, 3.8) is 0 Å². The van der Waals surface area contributed by atoms with E-state index in [2.05, 4.69) is 16.0 Å². The number of nitro groups is 1. The second kappa shape index (κ2) is 6.33. The molecule has 0 unspecified atom stereocenters. The number of hydrogen-bond acceptors (Lipinski definition) is 5. The first kappa shape index (κ1) is 14.3. The van der Waals surface area contributed by atoms with Crippen LogP contribution in [0.1, 0.15) is 23.2 Å². The van der Waals surface area contributed by atoms with Crippen LogP contribution in [0.3, 0.4) is 0 Å². The summed E-state index contributed by atoms with van der Waals surface area (Å²) in [5.41, 5.74) is 0.744. The van der Waals surface area contributed by atoms with Crippen molar-refractivity contribution in [1.29, 1.82) is 0 Å². The lowest BCUT2D eigenvalue weighted by molar-refractivity contribution is -0.384. The first-order valence-corrected chi connectivity index (χ1v) is 6.59. The van der Waals surface area contributed by atoms with Gasteiger partial charge in [0.15, 0.2) is 0 Å². The van der Waals surface area contributed by atoms with Gasteiger partial charge in [-0.05, 0) is 25.0 Å². The van der Waals surface area contributed by atoms with Crippen molar-refractivity contribution in [2.24, 2.45) is 0 Å². The zero-order valence-electron chi connectivity index (χ0n) is 11.3. The van der Waals surface area contributed by atoms with Crippen LogP contribution < -0.4 is 16.0 Å². The molecule has 3 N–H and O–H groups in total. The summed E-state index contributed by atoms with van der Waals surface area (Å²) in [6.07, 6.45) is 2.40. The zero-order chi connectivity index (χ0) is 14.5. The fourth-order valence-corrected chi connectivity index (χ4v) is 1.88. The van der Waals surface area contributed by atoms with E-state index in [0.29, 0.717) is 23.8 Å². The average Bonchev–Trinajstić information content (AvgIpc) is 3.26. The van der Waals surface area contributed by atoms with Gasteiger partial charge >= 0.3 is 0 Å². The molecule has 108 valence electrons. The number of rotatable bonds is 7. The van der Waals surface area contributed by atoms with Gasteiger partial charge < -0.3 is 16.0 Å². The summed E-state index contributed by atoms with van der Waals surface area (Å²) in [4.78, 5) is 22.1. The van der Waals surface area contributed by atoms with Crippen LogP contribution in [0, 0.1) is 10.1 Å². The summed E-state index contributed by atoms with van der Waals surface area (Å²) in [7, 11) is 1.52. The molecule has 0 spiro atoms. The van der Waals surface area contributed by atoms with Gasteiger partial charge in [0, 0.05) is 37.8 Å². The highest BCUT2D eigenvalue weighted by Crippen LogP contribution is 2.25. The molecule has 0 radical (unpaired) electrons. The topological polar surface area (TPSA) is 96.3 Å². The number of nitrogens with one attached hydrogen (secondary N) is 3. The second-order valence-electron chi connectivity index (χ2n) is 4.72. The molecule has 1 aromatic carbocycles. The van der Waals surface area contributed by atoms with E-state index in [0.717, 1.165) is 6.54 Å². The molecule has 1 amide bonds. The predicted octanol–water partition coefficient (Wildman–Crippen LogP) is 1.12. The van der Waals surface area contributed by atoms with Gasteiger partial charge in [-0.15, -0.1) is 0 Å². The highest BCUT2D eigenvalue weighted by molar-refractivity contribution is 5.95. The minimum absolute atomic E-state index is 0.0240. The smallest absolute Gasteiger partial charge is 0.292 e. The maximum Gasteiger partial charge on any atom is 0.292 e. The Morgan fingerprint density at radius 2 is 2.15 bits per heavy atom. The molecule has 0 bridgehead atoms. The Bertz CT molecular complexity index is 514. The molecule has 0 heterocycles. The summed E-state index contributed by atoms with van der Waals surface area (Å²) < 4.78 is 0. The van der Waals surface area contributed by atoms with Gasteiger partial charge in [-0.2, -0.15) is 0 Å². The Morgan fingerprint density at radius 3 is 2.75 bits per heavy atom. The van der Waals surface area contributed by atoms with Crippen LogP contribution in [0.2, 0.25) is 0 Å². The van der Waals surface area contributed by atoms with Gasteiger partial charge in [0.2, 0.25) is 0 Å². The van der Waals surface area contributed by atoms with Gasteiger partial charge in [0.05, 0.1) is 4.92 Å². The minimum atomic E-state index is -0.454. The van der Waals surface area contributed by atoms with Crippen molar-refractivity contribution < 1.29 is 9.72 Å². The quantitative estimate of drug-likeness (QED) is 0.394. The molecule has 0 aromatic heterocycles. The fraction of sp³-hybridized carbons (Fsp3) is 0.462. The molecule has 0 saturated heterocycles. The lowest BCUT2D eigenvalue weighted by atomic mass is 10.1. The number of hydrogen-bond donors (Lipinski definition) is 3. The van der Waals surface area contributed by atoms with E-state index in [4.69, 9.17) is 0 Å². The van der Waals surface area contributed by atoms with Gasteiger partial charge in [-0.1, -0.05) is 0 Å². The highest BCUT2D eigenvalue weighted by Gasteiger charge is 2.20. The molecular formula is C13H18N4O3. The molecule has 1 aliphatic rings. The number of benzene rings is 1. The van der Waals surface area contributed by atoms with Crippen LogP contribution in [0.5, 0.6) is 0 Å². The van der Waals surface area contributed by atoms with E-state index in [1.807, 2.05) is 0 Å². The third-order valence-electron chi connectivity index (χ3n) is 3.13. The monoisotopic (exact) mass is 278 g/mol. The van der Waals surface area contributed by atoms with E-state index < -0.39 is 4.92 Å². The molecule has 1 aromatic rings. The molecule has 2 rings (SSSR count). The Morgan fingerprint density at radius 1 is 1.40 bits per heavy atom. The Hall–Kier alpha value is -2.15. The number of carbonyl (C=O) groups excluding carboxylic acids is 1. The van der Waals surface area contributed by atoms with Crippen molar-refractivity contribution >= 4 is 17.3 Å². The largest absolute Gasteiger partial charge is 0.378 e. The normalized spacial score (nSPS) is 13.8. The van der Waals surface area contributed by atoms with Gasteiger partial charge in [-0.3, -0.25) is 14.9 Å². The summed E-state index contributed by atoms with van der Waals surface area (Å²) in [6, 6.07) is 4.91. The first-order chi connectivity index (χ1) is 9.61. The molecule has 1 fully saturated rings. The Balaban J connectivity index is 2.04. The summed E-state index contributed by atoms with van der Waals surface area (Å²) in [6.45, 7) is 1.32. The van der Waals surface area contributed by atoms with Crippen molar-refractivity contribution in [1.82, 2.24) is 10.6 Å². The van der Waals surface area contributed by atoms with E-state index in [1.165, 1.54) is 38.1 Å². The lowest BCUT2D eigenvalue weighted by Crippen LogP contribution is -2.24. The molecule has 7 heteroatoms. The Labute approximate surface area is 116 Å². The van der Waals surface area contributed by atoms with Crippen molar-refractivity contribution in [2.45, 2.75) is 18.9 Å². The predicted molar refractivity (Wildman–Crippen MR) is 76.0 cm³/mol. The fourth-order valence-electron chi connectivity index (χ4n) is 1.88. The van der Waals surface area contributed by atoms with Crippen molar-refractivity contribution in [3.8, 4) is 0 Å². The van der Waals surface area contributed by atoms with E-state index in [-0.39, 0.29) is 11.6 Å². The SMILES string of the molecule is CNC(=O)c1ccc([N+](=O)[O-])c(NCCNC2CC2)c1. The molecule has 0 atom stereocenters. The van der Waals surface area contributed by atoms with E-state index >= 15 is 0 Å². The van der Waals surface area contributed by atoms with Crippen LogP contribution in [0.15, 0.2) is 18.2 Å². The standard InChI is InChI=1S/C13H18N4O3/c1-14-13(18)9-2-5-12(17(19)20)11(8-9)16-7-6-15-10-3-4-10/h2,5,8,10,15-16H,3-4,6-7H2,1H3,(H,14,18). The molecule has 20 heavy (non-hydrogen) atoms. The Kier molecular flexibility index (Phi) is 4.52. The summed E-state index contributed by atoms with van der Waals surface area (Å²) in [5.74, 6) is -0.265. The maximum absolute atomic E-state index is 11.6. The van der Waals surface area contributed by atoms with Crippen molar-refractivity contribution in [3.05, 3.63) is 33.9 Å². The first-order valence-electron chi connectivity index (χ1n) is 6.59. The second-order valence-corrected chi connectivity index (χ2v) is 4.72. The summed E-state index contributed by atoms with van der Waals surface area (Å²) >= 11 is 0. The zero-order valence-corrected chi connectivity index (χ0v) is 11.3. The number of nitrogens with zero attached hydrogens (tertiary/aromatic N) is 1. The molecule has 7 nitrogen and oxygen atoms in total. The number of carbonyl (C=O) groups is 1. The average molecular weight is 278 g/mol. The van der Waals surface area contributed by atoms with Gasteiger partial charge in [0.25, 0.3) is 11.6 Å².